The second-order valence-electron chi connectivity index (χ2n) is 5.90. The van der Waals surface area contributed by atoms with Gasteiger partial charge in [0, 0.05) is 36.0 Å². The maximum absolute atomic E-state index is 12.6. The van der Waals surface area contributed by atoms with Crippen molar-refractivity contribution in [3.8, 4) is 22.9 Å². The normalized spacial score (nSPS) is 10.3. The van der Waals surface area contributed by atoms with Crippen LogP contribution in [0.4, 0.5) is 17.2 Å². The van der Waals surface area contributed by atoms with E-state index < -0.39 is 4.92 Å². The number of nitrogens with one attached hydrogen (secondary N) is 1. The summed E-state index contributed by atoms with van der Waals surface area (Å²) < 4.78 is 17.5. The number of nitro benzene ring substituents is 1. The minimum absolute atomic E-state index is 0.0226. The van der Waals surface area contributed by atoms with Crippen LogP contribution in [0.15, 0.2) is 59.4 Å². The van der Waals surface area contributed by atoms with Gasteiger partial charge in [-0.05, 0) is 18.2 Å². The third-order valence-corrected chi connectivity index (χ3v) is 4.21. The number of methoxy groups -OCH3 is 3. The Kier molecular flexibility index (Phi) is 5.68. The average Bonchev–Trinajstić information content (AvgIpc) is 2.73. The molecule has 0 bridgehead atoms. The van der Waals surface area contributed by atoms with Crippen molar-refractivity contribution in [3.63, 3.8) is 0 Å². The third kappa shape index (κ3) is 3.98. The fraction of sp³-hybridized carbons (Fsp3) is 0.150. The Labute approximate surface area is 166 Å². The van der Waals surface area contributed by atoms with E-state index in [0.29, 0.717) is 34.4 Å². The third-order valence-electron chi connectivity index (χ3n) is 4.21. The number of hydrogen-bond acceptors (Lipinski definition) is 7. The molecule has 150 valence electrons. The summed E-state index contributed by atoms with van der Waals surface area (Å²) in [5.41, 5.74) is 0.772. The van der Waals surface area contributed by atoms with Crippen LogP contribution >= 0.6 is 0 Å². The molecule has 0 radical (unpaired) electrons. The summed E-state index contributed by atoms with van der Waals surface area (Å²) in [7, 11) is 4.48. The van der Waals surface area contributed by atoms with Crippen molar-refractivity contribution >= 4 is 17.2 Å². The molecule has 9 nitrogen and oxygen atoms in total. The van der Waals surface area contributed by atoms with Gasteiger partial charge in [0.1, 0.15) is 5.82 Å². The Morgan fingerprint density at radius 1 is 0.931 bits per heavy atom. The average molecular weight is 397 g/mol. The Morgan fingerprint density at radius 3 is 2.07 bits per heavy atom. The molecule has 29 heavy (non-hydrogen) atoms. The van der Waals surface area contributed by atoms with Crippen molar-refractivity contribution < 1.29 is 19.1 Å². The van der Waals surface area contributed by atoms with E-state index in [1.54, 1.807) is 36.4 Å². The molecule has 9 heteroatoms. The molecule has 0 amide bonds. The van der Waals surface area contributed by atoms with Gasteiger partial charge in [-0.1, -0.05) is 6.07 Å². The van der Waals surface area contributed by atoms with E-state index in [-0.39, 0.29) is 11.2 Å². The van der Waals surface area contributed by atoms with E-state index in [1.165, 1.54) is 44.1 Å². The van der Waals surface area contributed by atoms with Crippen LogP contribution in [0.3, 0.4) is 0 Å². The summed E-state index contributed by atoms with van der Waals surface area (Å²) in [5.74, 6) is 1.67. The molecule has 0 aliphatic heterocycles. The standard InChI is InChI=1S/C20H19N3O6/c1-27-16-11-15(12-17(28-2)20(16)29-3)22-18(5-4-6-19(22)24)21-13-7-9-14(10-8-13)23(25)26/h4-12,21H,1-3H3. The molecule has 0 aliphatic rings. The lowest BCUT2D eigenvalue weighted by molar-refractivity contribution is -0.384. The highest BCUT2D eigenvalue weighted by molar-refractivity contribution is 5.63. The molecule has 3 rings (SSSR count). The monoisotopic (exact) mass is 397 g/mol. The first-order chi connectivity index (χ1) is 14.0. The molecule has 0 saturated heterocycles. The fourth-order valence-electron chi connectivity index (χ4n) is 2.86. The molecule has 3 aromatic rings. The first-order valence-corrected chi connectivity index (χ1v) is 8.52. The highest BCUT2D eigenvalue weighted by atomic mass is 16.6. The minimum atomic E-state index is -0.474. The van der Waals surface area contributed by atoms with Crippen LogP contribution in [-0.4, -0.2) is 30.8 Å². The van der Waals surface area contributed by atoms with Crippen LogP contribution in [0, 0.1) is 10.1 Å². The van der Waals surface area contributed by atoms with Crippen molar-refractivity contribution in [2.75, 3.05) is 26.6 Å². The van der Waals surface area contributed by atoms with Crippen molar-refractivity contribution in [1.29, 1.82) is 0 Å². The quantitative estimate of drug-likeness (QED) is 0.480. The Balaban J connectivity index is 2.09. The molecule has 0 fully saturated rings. The van der Waals surface area contributed by atoms with E-state index in [4.69, 9.17) is 14.2 Å². The van der Waals surface area contributed by atoms with E-state index in [9.17, 15) is 14.9 Å². The summed E-state index contributed by atoms with van der Waals surface area (Å²) in [6, 6.07) is 14.0. The van der Waals surface area contributed by atoms with E-state index in [0.717, 1.165) is 0 Å². The van der Waals surface area contributed by atoms with Gasteiger partial charge >= 0.3 is 0 Å². The maximum Gasteiger partial charge on any atom is 0.269 e. The van der Waals surface area contributed by atoms with E-state index in [1.807, 2.05) is 0 Å². The van der Waals surface area contributed by atoms with Crippen LogP contribution in [0.5, 0.6) is 17.2 Å². The molecule has 2 aromatic carbocycles. The smallest absolute Gasteiger partial charge is 0.269 e. The Morgan fingerprint density at radius 2 is 1.55 bits per heavy atom. The van der Waals surface area contributed by atoms with Crippen LogP contribution < -0.4 is 25.1 Å². The lowest BCUT2D eigenvalue weighted by atomic mass is 10.2. The van der Waals surface area contributed by atoms with Gasteiger partial charge < -0.3 is 19.5 Å². The molecule has 1 aromatic heterocycles. The number of nitrogens with zero attached hydrogens (tertiary/aromatic N) is 2. The zero-order valence-electron chi connectivity index (χ0n) is 16.0. The van der Waals surface area contributed by atoms with Crippen LogP contribution in [0.25, 0.3) is 5.69 Å². The number of ether oxygens (including phenoxy) is 3. The van der Waals surface area contributed by atoms with Crippen LogP contribution in [0.2, 0.25) is 0 Å². The summed E-state index contributed by atoms with van der Waals surface area (Å²) in [6.45, 7) is 0. The molecule has 0 aliphatic carbocycles. The second-order valence-corrected chi connectivity index (χ2v) is 5.90. The number of benzene rings is 2. The first kappa shape index (κ1) is 19.7. The van der Waals surface area contributed by atoms with Gasteiger partial charge in [0.2, 0.25) is 5.75 Å². The summed E-state index contributed by atoms with van der Waals surface area (Å²) in [6.07, 6.45) is 0. The van der Waals surface area contributed by atoms with Crippen LogP contribution in [-0.2, 0) is 0 Å². The lowest BCUT2D eigenvalue weighted by Crippen LogP contribution is -2.19. The molecule has 0 atom stereocenters. The van der Waals surface area contributed by atoms with Gasteiger partial charge in [0.25, 0.3) is 11.2 Å². The van der Waals surface area contributed by atoms with Gasteiger partial charge in [-0.2, -0.15) is 0 Å². The molecule has 0 saturated carbocycles. The maximum atomic E-state index is 12.6. The minimum Gasteiger partial charge on any atom is -0.493 e. The molecule has 0 unspecified atom stereocenters. The topological polar surface area (TPSA) is 105 Å². The summed E-state index contributed by atoms with van der Waals surface area (Å²) in [5, 5.41) is 13.9. The number of non-ortho nitro benzene ring substituents is 1. The lowest BCUT2D eigenvalue weighted by Gasteiger charge is -2.18. The number of anilines is 2. The predicted molar refractivity (Wildman–Crippen MR) is 108 cm³/mol. The predicted octanol–water partition coefficient (Wildman–Crippen LogP) is 3.52. The number of pyridine rings is 1. The highest BCUT2D eigenvalue weighted by Gasteiger charge is 2.16. The zero-order valence-corrected chi connectivity index (χ0v) is 16.0. The van der Waals surface area contributed by atoms with Crippen molar-refractivity contribution in [2.45, 2.75) is 0 Å². The van der Waals surface area contributed by atoms with Gasteiger partial charge in [-0.25, -0.2) is 0 Å². The Bertz CT molecular complexity index is 1070. The largest absolute Gasteiger partial charge is 0.493 e. The zero-order chi connectivity index (χ0) is 21.0. The molecular formula is C20H19N3O6. The van der Waals surface area contributed by atoms with Crippen molar-refractivity contribution in [1.82, 2.24) is 4.57 Å². The van der Waals surface area contributed by atoms with E-state index in [2.05, 4.69) is 5.32 Å². The summed E-state index contributed by atoms with van der Waals surface area (Å²) in [4.78, 5) is 23.0. The van der Waals surface area contributed by atoms with Gasteiger partial charge in [-0.3, -0.25) is 19.5 Å². The SMILES string of the molecule is COc1cc(-n2c(Nc3ccc([N+](=O)[O-])cc3)cccc2=O)cc(OC)c1OC. The highest BCUT2D eigenvalue weighted by Crippen LogP contribution is 2.39. The molecule has 1 heterocycles. The van der Waals surface area contributed by atoms with E-state index >= 15 is 0 Å². The number of aromatic nitrogens is 1. The number of nitro groups is 1. The second kappa shape index (κ2) is 8.34. The fourth-order valence-corrected chi connectivity index (χ4v) is 2.86. The van der Waals surface area contributed by atoms with Gasteiger partial charge in [0.15, 0.2) is 11.5 Å². The number of rotatable bonds is 7. The van der Waals surface area contributed by atoms with Crippen molar-refractivity contribution in [2.24, 2.45) is 0 Å². The van der Waals surface area contributed by atoms with Gasteiger partial charge in [0.05, 0.1) is 31.9 Å². The Hall–Kier alpha value is -4.01. The molecule has 1 N–H and O–H groups in total. The first-order valence-electron chi connectivity index (χ1n) is 8.52. The molecule has 0 spiro atoms. The number of hydrogen-bond donors (Lipinski definition) is 1. The molecular weight excluding hydrogens is 378 g/mol. The summed E-state index contributed by atoms with van der Waals surface area (Å²) >= 11 is 0. The van der Waals surface area contributed by atoms with Gasteiger partial charge in [-0.15, -0.1) is 0 Å². The van der Waals surface area contributed by atoms with Crippen LogP contribution in [0.1, 0.15) is 0 Å². The van der Waals surface area contributed by atoms with Crippen molar-refractivity contribution in [3.05, 3.63) is 75.1 Å².